The summed E-state index contributed by atoms with van der Waals surface area (Å²) in [5.41, 5.74) is 4.15. The highest BCUT2D eigenvalue weighted by Crippen LogP contribution is 2.38. The summed E-state index contributed by atoms with van der Waals surface area (Å²) in [5.74, 6) is -0.634. The van der Waals surface area contributed by atoms with E-state index in [0.29, 0.717) is 28.4 Å². The van der Waals surface area contributed by atoms with E-state index >= 15 is 0 Å². The van der Waals surface area contributed by atoms with Crippen molar-refractivity contribution in [2.24, 2.45) is 0 Å². The highest BCUT2D eigenvalue weighted by atomic mass is 32.1. The van der Waals surface area contributed by atoms with Crippen molar-refractivity contribution in [3.05, 3.63) is 75.7 Å². The third-order valence-corrected chi connectivity index (χ3v) is 6.70. The quantitative estimate of drug-likeness (QED) is 0.476. The summed E-state index contributed by atoms with van der Waals surface area (Å²) in [6, 6.07) is 12.1. The van der Waals surface area contributed by atoms with Crippen molar-refractivity contribution < 1.29 is 13.6 Å². The molecule has 1 aliphatic carbocycles. The van der Waals surface area contributed by atoms with Crippen molar-refractivity contribution in [1.82, 2.24) is 4.57 Å². The van der Waals surface area contributed by atoms with Crippen LogP contribution in [0.5, 0.6) is 0 Å². The summed E-state index contributed by atoms with van der Waals surface area (Å²) >= 11 is 1.49. The average Bonchev–Trinajstić information content (AvgIpc) is 3.41. The normalized spacial score (nSPS) is 13.2. The first-order valence-electron chi connectivity index (χ1n) is 9.81. The van der Waals surface area contributed by atoms with Gasteiger partial charge in [0, 0.05) is 23.6 Å². The number of carbonyl (C=O) groups is 1. The van der Waals surface area contributed by atoms with Gasteiger partial charge in [0.25, 0.3) is 5.91 Å². The zero-order valence-corrected chi connectivity index (χ0v) is 16.9. The first-order valence-corrected chi connectivity index (χ1v) is 10.6. The molecule has 0 fully saturated rings. The number of aromatic nitrogens is 1. The Hall–Kier alpha value is -3.37. The van der Waals surface area contributed by atoms with Gasteiger partial charge < -0.3 is 14.3 Å². The summed E-state index contributed by atoms with van der Waals surface area (Å²) in [6.07, 6.45) is 5.58. The summed E-state index contributed by atoms with van der Waals surface area (Å²) in [6.45, 7) is 0.329. The molecule has 1 aliphatic rings. The largest absolute Gasteiger partial charge is 0.463 e. The first kappa shape index (κ1) is 18.6. The van der Waals surface area contributed by atoms with E-state index in [1.54, 1.807) is 24.5 Å². The average molecular weight is 419 g/mol. The van der Waals surface area contributed by atoms with E-state index in [9.17, 15) is 14.4 Å². The van der Waals surface area contributed by atoms with E-state index in [1.165, 1.54) is 28.3 Å². The van der Waals surface area contributed by atoms with Crippen LogP contribution in [0.25, 0.3) is 11.1 Å². The Bertz CT molecular complexity index is 1310. The Morgan fingerprint density at radius 3 is 2.97 bits per heavy atom. The standard InChI is InChI=1S/C23H18FN3O2S/c24-15-5-3-4-14(10-15)13-27-18-8-9-29-20(18)11-19(27)22(28)26-23-17(12-25)16-6-1-2-7-21(16)30-23/h3-5,8-11H,1-2,6-7,13H2,(H,26,28). The van der Waals surface area contributed by atoms with Gasteiger partial charge in [0.1, 0.15) is 22.6 Å². The molecule has 7 heteroatoms. The Labute approximate surface area is 176 Å². The molecule has 0 saturated heterocycles. The number of halogens is 1. The molecule has 1 N–H and O–H groups in total. The molecule has 5 rings (SSSR count). The fourth-order valence-electron chi connectivity index (χ4n) is 4.09. The van der Waals surface area contributed by atoms with Gasteiger partial charge in [-0.25, -0.2) is 4.39 Å². The van der Waals surface area contributed by atoms with Gasteiger partial charge in [-0.15, -0.1) is 11.3 Å². The topological polar surface area (TPSA) is 71.0 Å². The lowest BCUT2D eigenvalue weighted by atomic mass is 9.96. The summed E-state index contributed by atoms with van der Waals surface area (Å²) in [7, 11) is 0. The fourth-order valence-corrected chi connectivity index (χ4v) is 5.33. The predicted molar refractivity (Wildman–Crippen MR) is 113 cm³/mol. The van der Waals surface area contributed by atoms with Gasteiger partial charge in [0.05, 0.1) is 17.3 Å². The molecule has 0 aliphatic heterocycles. The van der Waals surface area contributed by atoms with Gasteiger partial charge in [-0.2, -0.15) is 5.26 Å². The van der Waals surface area contributed by atoms with Crippen LogP contribution in [0.1, 0.15) is 44.9 Å². The third kappa shape index (κ3) is 3.19. The monoisotopic (exact) mass is 419 g/mol. The lowest BCUT2D eigenvalue weighted by Crippen LogP contribution is -2.17. The molecular weight excluding hydrogens is 401 g/mol. The number of benzene rings is 1. The van der Waals surface area contributed by atoms with Gasteiger partial charge >= 0.3 is 0 Å². The highest BCUT2D eigenvalue weighted by Gasteiger charge is 2.24. The number of aryl methyl sites for hydroxylation is 1. The number of hydrogen-bond acceptors (Lipinski definition) is 4. The number of rotatable bonds is 4. The molecule has 0 saturated carbocycles. The van der Waals surface area contributed by atoms with Gasteiger partial charge in [-0.3, -0.25) is 4.79 Å². The number of furan rings is 1. The lowest BCUT2D eigenvalue weighted by Gasteiger charge is -2.11. The zero-order chi connectivity index (χ0) is 20.7. The number of nitrogens with one attached hydrogen (secondary N) is 1. The van der Waals surface area contributed by atoms with Gasteiger partial charge in [0.2, 0.25) is 0 Å². The second kappa shape index (κ2) is 7.47. The third-order valence-electron chi connectivity index (χ3n) is 5.50. The Morgan fingerprint density at radius 1 is 1.27 bits per heavy atom. The van der Waals surface area contributed by atoms with Crippen molar-refractivity contribution in [3.8, 4) is 6.07 Å². The van der Waals surface area contributed by atoms with Crippen LogP contribution in [0.15, 0.2) is 47.1 Å². The predicted octanol–water partition coefficient (Wildman–Crippen LogP) is 5.49. The molecule has 30 heavy (non-hydrogen) atoms. The van der Waals surface area contributed by atoms with Crippen molar-refractivity contribution in [1.29, 1.82) is 5.26 Å². The molecule has 1 aromatic carbocycles. The molecule has 3 heterocycles. The number of fused-ring (bicyclic) bond motifs is 2. The molecule has 0 bridgehead atoms. The van der Waals surface area contributed by atoms with Crippen LogP contribution in [-0.4, -0.2) is 10.5 Å². The number of carbonyl (C=O) groups excluding carboxylic acids is 1. The van der Waals surface area contributed by atoms with Crippen LogP contribution < -0.4 is 5.32 Å². The maximum Gasteiger partial charge on any atom is 0.273 e. The van der Waals surface area contributed by atoms with Gasteiger partial charge in [-0.05, 0) is 48.9 Å². The number of thiophene rings is 1. The lowest BCUT2D eigenvalue weighted by molar-refractivity contribution is 0.101. The number of nitriles is 1. The Morgan fingerprint density at radius 2 is 2.13 bits per heavy atom. The maximum atomic E-state index is 13.7. The highest BCUT2D eigenvalue weighted by molar-refractivity contribution is 7.16. The fraction of sp³-hybridized carbons (Fsp3) is 0.217. The molecule has 0 unspecified atom stereocenters. The molecule has 1 amide bonds. The molecule has 150 valence electrons. The van der Waals surface area contributed by atoms with E-state index in [0.717, 1.165) is 42.3 Å². The molecular formula is C23H18FN3O2S. The summed E-state index contributed by atoms with van der Waals surface area (Å²) in [4.78, 5) is 14.4. The van der Waals surface area contributed by atoms with Crippen LogP contribution >= 0.6 is 11.3 Å². The van der Waals surface area contributed by atoms with Gasteiger partial charge in [0.15, 0.2) is 5.58 Å². The van der Waals surface area contributed by atoms with Crippen molar-refractivity contribution in [3.63, 3.8) is 0 Å². The minimum atomic E-state index is -0.322. The Kier molecular flexibility index (Phi) is 4.64. The minimum Gasteiger partial charge on any atom is -0.463 e. The second-order valence-electron chi connectivity index (χ2n) is 7.40. The summed E-state index contributed by atoms with van der Waals surface area (Å²) in [5, 5.41) is 13.2. The molecule has 3 aromatic heterocycles. The maximum absolute atomic E-state index is 13.7. The number of hydrogen-bond donors (Lipinski definition) is 1. The van der Waals surface area contributed by atoms with Crippen LogP contribution in [0, 0.1) is 17.1 Å². The van der Waals surface area contributed by atoms with Crippen molar-refractivity contribution in [2.45, 2.75) is 32.2 Å². The van der Waals surface area contributed by atoms with Gasteiger partial charge in [-0.1, -0.05) is 12.1 Å². The molecule has 0 radical (unpaired) electrons. The molecule has 5 nitrogen and oxygen atoms in total. The van der Waals surface area contributed by atoms with E-state index in [1.807, 2.05) is 10.6 Å². The summed E-state index contributed by atoms with van der Waals surface area (Å²) < 4.78 is 21.0. The molecule has 4 aromatic rings. The Balaban J connectivity index is 1.51. The molecule has 0 atom stereocenters. The zero-order valence-electron chi connectivity index (χ0n) is 16.1. The van der Waals surface area contributed by atoms with Crippen LogP contribution in [0.2, 0.25) is 0 Å². The number of amides is 1. The number of nitrogens with zero attached hydrogens (tertiary/aromatic N) is 2. The van der Waals surface area contributed by atoms with Crippen LogP contribution in [-0.2, 0) is 19.4 Å². The molecule has 0 spiro atoms. The van der Waals surface area contributed by atoms with Crippen LogP contribution in [0.4, 0.5) is 9.39 Å². The second-order valence-corrected chi connectivity index (χ2v) is 8.50. The first-order chi connectivity index (χ1) is 14.6. The smallest absolute Gasteiger partial charge is 0.273 e. The number of anilines is 1. The van der Waals surface area contributed by atoms with E-state index < -0.39 is 0 Å². The van der Waals surface area contributed by atoms with E-state index in [-0.39, 0.29) is 11.7 Å². The van der Waals surface area contributed by atoms with E-state index in [2.05, 4.69) is 11.4 Å². The van der Waals surface area contributed by atoms with Crippen LogP contribution in [0.3, 0.4) is 0 Å². The minimum absolute atomic E-state index is 0.312. The van der Waals surface area contributed by atoms with E-state index in [4.69, 9.17) is 4.42 Å². The SMILES string of the molecule is N#Cc1c(NC(=O)c2cc3occc3n2Cc2cccc(F)c2)sc2c1CCCC2. The van der Waals surface area contributed by atoms with Crippen molar-refractivity contribution >= 4 is 33.3 Å². The van der Waals surface area contributed by atoms with Crippen molar-refractivity contribution in [2.75, 3.05) is 5.32 Å².